The quantitative estimate of drug-likeness (QED) is 0.866. The molecule has 110 valence electrons. The number of hydrogen-bond acceptors (Lipinski definition) is 3. The predicted molar refractivity (Wildman–Crippen MR) is 73.8 cm³/mol. The summed E-state index contributed by atoms with van der Waals surface area (Å²) in [6.07, 6.45) is -0.313. The van der Waals surface area contributed by atoms with Crippen molar-refractivity contribution in [3.63, 3.8) is 0 Å². The van der Waals surface area contributed by atoms with Crippen LogP contribution in [0.2, 0.25) is 10.0 Å². The van der Waals surface area contributed by atoms with Crippen LogP contribution in [-0.2, 0) is 9.53 Å². The van der Waals surface area contributed by atoms with Crippen molar-refractivity contribution in [1.82, 2.24) is 4.90 Å². The van der Waals surface area contributed by atoms with Gasteiger partial charge in [-0.1, -0.05) is 23.2 Å². The van der Waals surface area contributed by atoms with Crippen LogP contribution in [0.1, 0.15) is 18.1 Å². The number of hydrogen-bond donors (Lipinski definition) is 1. The summed E-state index contributed by atoms with van der Waals surface area (Å²) in [5, 5.41) is 9.01. The van der Waals surface area contributed by atoms with Crippen LogP contribution in [0.4, 0.5) is 4.39 Å². The third kappa shape index (κ3) is 3.82. The van der Waals surface area contributed by atoms with E-state index in [2.05, 4.69) is 0 Å². The number of rotatable bonds is 4. The summed E-state index contributed by atoms with van der Waals surface area (Å²) < 4.78 is 19.1. The Morgan fingerprint density at radius 1 is 1.45 bits per heavy atom. The molecule has 0 amide bonds. The van der Waals surface area contributed by atoms with E-state index in [1.54, 1.807) is 0 Å². The monoisotopic (exact) mass is 321 g/mol. The summed E-state index contributed by atoms with van der Waals surface area (Å²) >= 11 is 11.7. The van der Waals surface area contributed by atoms with E-state index >= 15 is 0 Å². The number of benzene rings is 1. The Bertz CT molecular complexity index is 513. The first kappa shape index (κ1) is 15.5. The first-order chi connectivity index (χ1) is 9.47. The minimum atomic E-state index is -0.844. The van der Waals surface area contributed by atoms with Crippen molar-refractivity contribution in [2.75, 3.05) is 26.2 Å². The third-order valence-electron chi connectivity index (χ3n) is 3.18. The van der Waals surface area contributed by atoms with E-state index in [9.17, 15) is 9.18 Å². The van der Waals surface area contributed by atoms with Gasteiger partial charge in [0.2, 0.25) is 0 Å². The summed E-state index contributed by atoms with van der Waals surface area (Å²) in [6, 6.07) is 2.63. The van der Waals surface area contributed by atoms with Gasteiger partial charge >= 0.3 is 5.97 Å². The molecule has 0 saturated carbocycles. The Kier molecular flexibility index (Phi) is 5.21. The van der Waals surface area contributed by atoms with Crippen LogP contribution in [0.25, 0.3) is 0 Å². The lowest BCUT2D eigenvalue weighted by Crippen LogP contribution is -2.39. The lowest BCUT2D eigenvalue weighted by Gasteiger charge is -2.33. The number of morpholine rings is 1. The number of carboxylic acid groups (broad SMARTS) is 1. The molecule has 1 aromatic carbocycles. The Morgan fingerprint density at radius 3 is 2.90 bits per heavy atom. The van der Waals surface area contributed by atoms with Gasteiger partial charge in [0, 0.05) is 30.2 Å². The maximum Gasteiger partial charge on any atom is 0.304 e. The van der Waals surface area contributed by atoms with Crippen LogP contribution >= 0.6 is 23.2 Å². The molecule has 1 unspecified atom stereocenters. The number of aliphatic carboxylic acids is 1. The molecule has 0 radical (unpaired) electrons. The molecule has 0 spiro atoms. The molecule has 1 N–H and O–H groups in total. The molecule has 4 nitrogen and oxygen atoms in total. The Labute approximate surface area is 126 Å². The van der Waals surface area contributed by atoms with Gasteiger partial charge < -0.3 is 9.84 Å². The molecule has 1 saturated heterocycles. The first-order valence-corrected chi connectivity index (χ1v) is 6.93. The Morgan fingerprint density at radius 2 is 2.20 bits per heavy atom. The van der Waals surface area contributed by atoms with Gasteiger partial charge in [-0.25, -0.2) is 4.39 Å². The highest BCUT2D eigenvalue weighted by atomic mass is 35.5. The molecule has 1 aromatic rings. The minimum Gasteiger partial charge on any atom is -0.481 e. The van der Waals surface area contributed by atoms with Crippen LogP contribution in [0.5, 0.6) is 0 Å². The first-order valence-electron chi connectivity index (χ1n) is 6.17. The van der Waals surface area contributed by atoms with E-state index < -0.39 is 11.8 Å². The summed E-state index contributed by atoms with van der Waals surface area (Å²) in [5.41, 5.74) is 0.536. The van der Waals surface area contributed by atoms with Crippen LogP contribution in [-0.4, -0.2) is 42.2 Å². The van der Waals surface area contributed by atoms with Gasteiger partial charge in [0.25, 0.3) is 0 Å². The van der Waals surface area contributed by atoms with Gasteiger partial charge in [-0.2, -0.15) is 0 Å². The lowest BCUT2D eigenvalue weighted by molar-refractivity contribution is -0.137. The van der Waals surface area contributed by atoms with Crippen molar-refractivity contribution in [2.24, 2.45) is 0 Å². The number of carboxylic acids is 1. The maximum absolute atomic E-state index is 13.5. The highest BCUT2D eigenvalue weighted by Crippen LogP contribution is 2.32. The highest BCUT2D eigenvalue weighted by molar-refractivity contribution is 6.35. The summed E-state index contributed by atoms with van der Waals surface area (Å²) in [4.78, 5) is 12.5. The molecule has 1 heterocycles. The average molecular weight is 322 g/mol. The largest absolute Gasteiger partial charge is 0.481 e. The summed E-state index contributed by atoms with van der Waals surface area (Å²) in [6.45, 7) is 2.01. The Balaban J connectivity index is 2.08. The number of ether oxygens (including phenoxy) is 1. The maximum atomic E-state index is 13.5. The van der Waals surface area contributed by atoms with Gasteiger partial charge in [0.1, 0.15) is 5.82 Å². The van der Waals surface area contributed by atoms with Crippen molar-refractivity contribution >= 4 is 29.2 Å². The van der Waals surface area contributed by atoms with E-state index in [0.717, 1.165) is 0 Å². The van der Waals surface area contributed by atoms with Gasteiger partial charge in [-0.3, -0.25) is 9.69 Å². The smallest absolute Gasteiger partial charge is 0.304 e. The van der Waals surface area contributed by atoms with E-state index in [0.29, 0.717) is 36.8 Å². The fraction of sp³-hybridized carbons (Fsp3) is 0.462. The number of halogens is 3. The van der Waals surface area contributed by atoms with Crippen molar-refractivity contribution in [1.29, 1.82) is 0 Å². The minimum absolute atomic E-state index is 0.0303. The molecular formula is C13H14Cl2FNO3. The standard InChI is InChI=1S/C13H14Cl2FNO3/c14-9-6-10(15)11(16)5-8(9)12-7-17(3-4-20-12)2-1-13(18)19/h5-6,12H,1-4,7H2,(H,18,19). The molecule has 1 atom stereocenters. The van der Waals surface area contributed by atoms with E-state index in [1.165, 1.54) is 12.1 Å². The second-order valence-electron chi connectivity index (χ2n) is 4.59. The molecule has 1 aliphatic rings. The number of nitrogens with zero attached hydrogens (tertiary/aromatic N) is 1. The van der Waals surface area contributed by atoms with E-state index in [1.807, 2.05) is 4.90 Å². The molecule has 2 rings (SSSR count). The fourth-order valence-corrected chi connectivity index (χ4v) is 2.64. The van der Waals surface area contributed by atoms with Crippen molar-refractivity contribution < 1.29 is 19.0 Å². The molecule has 7 heteroatoms. The van der Waals surface area contributed by atoms with Gasteiger partial charge in [0.15, 0.2) is 0 Å². The second kappa shape index (κ2) is 6.72. The molecule has 0 bridgehead atoms. The normalized spacial score (nSPS) is 20.1. The molecule has 0 aliphatic carbocycles. The van der Waals surface area contributed by atoms with Crippen LogP contribution in [0.15, 0.2) is 12.1 Å². The van der Waals surface area contributed by atoms with E-state index in [-0.39, 0.29) is 17.5 Å². The van der Waals surface area contributed by atoms with Gasteiger partial charge in [0.05, 0.1) is 24.2 Å². The van der Waals surface area contributed by atoms with Gasteiger partial charge in [-0.05, 0) is 12.1 Å². The average Bonchev–Trinajstić information content (AvgIpc) is 2.41. The third-order valence-corrected chi connectivity index (χ3v) is 3.80. The zero-order valence-electron chi connectivity index (χ0n) is 10.6. The highest BCUT2D eigenvalue weighted by Gasteiger charge is 2.25. The number of carbonyl (C=O) groups is 1. The zero-order valence-corrected chi connectivity index (χ0v) is 12.1. The van der Waals surface area contributed by atoms with Crippen LogP contribution < -0.4 is 0 Å². The van der Waals surface area contributed by atoms with Crippen LogP contribution in [0, 0.1) is 5.82 Å². The Hall–Kier alpha value is -0.880. The summed E-state index contributed by atoms with van der Waals surface area (Å²) in [7, 11) is 0. The summed E-state index contributed by atoms with van der Waals surface area (Å²) in [5.74, 6) is -1.39. The van der Waals surface area contributed by atoms with E-state index in [4.69, 9.17) is 33.0 Å². The fourth-order valence-electron chi connectivity index (χ4n) is 2.13. The SMILES string of the molecule is O=C(O)CCN1CCOC(c2cc(F)c(Cl)cc2Cl)C1. The van der Waals surface area contributed by atoms with Gasteiger partial charge in [-0.15, -0.1) is 0 Å². The molecule has 1 fully saturated rings. The molecule has 20 heavy (non-hydrogen) atoms. The van der Waals surface area contributed by atoms with Crippen molar-refractivity contribution in [3.05, 3.63) is 33.6 Å². The van der Waals surface area contributed by atoms with Crippen molar-refractivity contribution in [3.8, 4) is 0 Å². The lowest BCUT2D eigenvalue weighted by atomic mass is 10.1. The predicted octanol–water partition coefficient (Wildman–Crippen LogP) is 2.98. The zero-order chi connectivity index (χ0) is 14.7. The molecule has 1 aliphatic heterocycles. The second-order valence-corrected chi connectivity index (χ2v) is 5.41. The van der Waals surface area contributed by atoms with Crippen molar-refractivity contribution in [2.45, 2.75) is 12.5 Å². The van der Waals surface area contributed by atoms with Crippen LogP contribution in [0.3, 0.4) is 0 Å². The topological polar surface area (TPSA) is 49.8 Å². The molecule has 0 aromatic heterocycles. The molecular weight excluding hydrogens is 308 g/mol.